The van der Waals surface area contributed by atoms with E-state index in [0.29, 0.717) is 12.8 Å². The van der Waals surface area contributed by atoms with E-state index in [1.807, 2.05) is 40.7 Å². The van der Waals surface area contributed by atoms with Gasteiger partial charge in [0, 0.05) is 30.7 Å². The van der Waals surface area contributed by atoms with Crippen molar-refractivity contribution in [3.8, 4) is 10.4 Å². The minimum Gasteiger partial charge on any atom is -0.391 e. The largest absolute Gasteiger partial charge is 0.391 e. The van der Waals surface area contributed by atoms with Gasteiger partial charge in [0.2, 0.25) is 11.8 Å². The molecule has 2 heterocycles. The van der Waals surface area contributed by atoms with Crippen LogP contribution >= 0.6 is 11.3 Å². The molecule has 2 aromatic rings. The van der Waals surface area contributed by atoms with Crippen molar-refractivity contribution in [2.24, 2.45) is 5.41 Å². The molecular formula is C30H38N4O4S. The molecule has 3 N–H and O–H groups in total. The Morgan fingerprint density at radius 3 is 2.38 bits per heavy atom. The van der Waals surface area contributed by atoms with Gasteiger partial charge in [0.05, 0.1) is 12.1 Å². The van der Waals surface area contributed by atoms with Gasteiger partial charge in [-0.25, -0.2) is 6.57 Å². The molecule has 208 valence electrons. The first-order chi connectivity index (χ1) is 18.3. The van der Waals surface area contributed by atoms with Crippen molar-refractivity contribution in [3.63, 3.8) is 0 Å². The summed E-state index contributed by atoms with van der Waals surface area (Å²) < 4.78 is 0. The number of nitrogens with one attached hydrogen (secondary N) is 2. The lowest BCUT2D eigenvalue weighted by Gasteiger charge is -2.35. The number of nitrogens with zero attached hydrogens (tertiary/aromatic N) is 2. The summed E-state index contributed by atoms with van der Waals surface area (Å²) in [7, 11) is 0. The zero-order valence-electron chi connectivity index (χ0n) is 23.5. The number of aliphatic hydroxyl groups excluding tert-OH is 1. The molecule has 0 unspecified atom stereocenters. The second kappa shape index (κ2) is 10.7. The summed E-state index contributed by atoms with van der Waals surface area (Å²) in [6, 6.07) is 6.21. The van der Waals surface area contributed by atoms with E-state index < -0.39 is 41.0 Å². The van der Waals surface area contributed by atoms with Crippen LogP contribution in [0.2, 0.25) is 0 Å². The summed E-state index contributed by atoms with van der Waals surface area (Å²) in [6.45, 7) is 18.9. The maximum absolute atomic E-state index is 13.8. The highest BCUT2D eigenvalue weighted by atomic mass is 32.1. The lowest BCUT2D eigenvalue weighted by molar-refractivity contribution is -0.144. The van der Waals surface area contributed by atoms with Crippen LogP contribution in [0, 0.1) is 25.8 Å². The number of carbonyl (C=O) groups excluding carboxylic acids is 3. The summed E-state index contributed by atoms with van der Waals surface area (Å²) in [4.78, 5) is 46.2. The molecule has 4 rings (SSSR count). The fraction of sp³-hybridized carbons (Fsp3) is 0.533. The summed E-state index contributed by atoms with van der Waals surface area (Å²) in [5.74, 6) is -1.21. The molecular weight excluding hydrogens is 512 g/mol. The third-order valence-electron chi connectivity index (χ3n) is 7.83. The van der Waals surface area contributed by atoms with Crippen molar-refractivity contribution in [3.05, 3.63) is 57.8 Å². The number of thiophene rings is 1. The third-order valence-corrected chi connectivity index (χ3v) is 8.90. The highest BCUT2D eigenvalue weighted by Crippen LogP contribution is 2.40. The van der Waals surface area contributed by atoms with Gasteiger partial charge in [-0.05, 0) is 59.9 Å². The van der Waals surface area contributed by atoms with Crippen LogP contribution in [0.15, 0.2) is 29.6 Å². The minimum absolute atomic E-state index is 0.00953. The number of amides is 3. The van der Waals surface area contributed by atoms with Crippen LogP contribution in [0.25, 0.3) is 15.3 Å². The van der Waals surface area contributed by atoms with Gasteiger partial charge in [0.15, 0.2) is 0 Å². The van der Waals surface area contributed by atoms with Gasteiger partial charge >= 0.3 is 11.4 Å². The molecule has 9 heteroatoms. The average Bonchev–Trinajstić information content (AvgIpc) is 3.40. The van der Waals surface area contributed by atoms with Gasteiger partial charge in [-0.2, -0.15) is 0 Å². The average molecular weight is 551 g/mol. The Labute approximate surface area is 234 Å². The maximum atomic E-state index is 13.8. The van der Waals surface area contributed by atoms with Crippen LogP contribution in [0.1, 0.15) is 69.7 Å². The number of β-amino-alcohol motifs (C(OH)–C–C–N with tert-alkyl or cyclic N) is 1. The second-order valence-electron chi connectivity index (χ2n) is 12.0. The molecule has 1 aromatic carbocycles. The van der Waals surface area contributed by atoms with Crippen LogP contribution in [0.5, 0.6) is 0 Å². The van der Waals surface area contributed by atoms with E-state index in [1.165, 1.54) is 15.3 Å². The number of aliphatic hydroxyl groups is 1. The Hall–Kier alpha value is -3.22. The molecule has 2 fully saturated rings. The Morgan fingerprint density at radius 1 is 1.15 bits per heavy atom. The SMILES string of the molecule is [C-]#[N+]C1(C(=O)N[C@H](C(=O)N2C[C@H](O)C[C@H]2C(=O)N[C@@H](C)c2ccc(-c3sccc3C)cc2C)C(C)(C)C)CC1. The number of rotatable bonds is 7. The van der Waals surface area contributed by atoms with Crippen molar-refractivity contribution < 1.29 is 19.5 Å². The molecule has 4 atom stereocenters. The van der Waals surface area contributed by atoms with Gasteiger partial charge in [0.25, 0.3) is 0 Å². The first-order valence-corrected chi connectivity index (χ1v) is 14.3. The van der Waals surface area contributed by atoms with Crippen molar-refractivity contribution in [2.45, 2.75) is 90.6 Å². The lowest BCUT2D eigenvalue weighted by Crippen LogP contribution is -2.59. The monoisotopic (exact) mass is 550 g/mol. The highest BCUT2D eigenvalue weighted by molar-refractivity contribution is 7.13. The molecule has 8 nitrogen and oxygen atoms in total. The topological polar surface area (TPSA) is 103 Å². The van der Waals surface area contributed by atoms with E-state index in [1.54, 1.807) is 11.3 Å². The number of likely N-dealkylation sites (tertiary alicyclic amines) is 1. The third kappa shape index (κ3) is 5.87. The highest BCUT2D eigenvalue weighted by Gasteiger charge is 2.59. The summed E-state index contributed by atoms with van der Waals surface area (Å²) >= 11 is 1.70. The van der Waals surface area contributed by atoms with Gasteiger partial charge in [-0.3, -0.25) is 19.2 Å². The molecule has 0 spiro atoms. The zero-order chi connectivity index (χ0) is 28.7. The molecule has 1 aliphatic carbocycles. The summed E-state index contributed by atoms with van der Waals surface area (Å²) in [5.41, 5.74) is 2.65. The number of carbonyl (C=O) groups is 3. The van der Waals surface area contributed by atoms with E-state index in [-0.39, 0.29) is 24.9 Å². The molecule has 1 saturated carbocycles. The Bertz CT molecular complexity index is 1320. The quantitative estimate of drug-likeness (QED) is 0.451. The predicted octanol–water partition coefficient (Wildman–Crippen LogP) is 4.15. The molecule has 0 radical (unpaired) electrons. The van der Waals surface area contributed by atoms with E-state index in [2.05, 4.69) is 46.0 Å². The fourth-order valence-electron chi connectivity index (χ4n) is 5.25. The first-order valence-electron chi connectivity index (χ1n) is 13.4. The summed E-state index contributed by atoms with van der Waals surface area (Å²) in [5, 5.41) is 18.4. The molecule has 1 aliphatic heterocycles. The molecule has 1 aromatic heterocycles. The molecule has 0 bridgehead atoms. The smallest absolute Gasteiger partial charge is 0.309 e. The fourth-order valence-corrected chi connectivity index (χ4v) is 6.18. The van der Waals surface area contributed by atoms with E-state index in [9.17, 15) is 19.5 Å². The number of benzene rings is 1. The summed E-state index contributed by atoms with van der Waals surface area (Å²) in [6.07, 6.45) is 0.235. The number of hydrogen-bond acceptors (Lipinski definition) is 5. The van der Waals surface area contributed by atoms with Crippen LogP contribution in [-0.4, -0.2) is 58.0 Å². The Kier molecular flexibility index (Phi) is 7.93. The van der Waals surface area contributed by atoms with E-state index >= 15 is 0 Å². The Morgan fingerprint density at radius 2 is 1.85 bits per heavy atom. The molecule has 39 heavy (non-hydrogen) atoms. The van der Waals surface area contributed by atoms with Gasteiger partial charge in [-0.15, -0.1) is 11.3 Å². The molecule has 2 aliphatic rings. The van der Waals surface area contributed by atoms with Crippen molar-refractivity contribution in [2.75, 3.05) is 6.54 Å². The minimum atomic E-state index is -1.09. The normalized spacial score (nSPS) is 21.5. The standard InChI is InChI=1S/C30H38N4O4S/c1-17-10-13-39-24(17)20-8-9-22(18(2)14-20)19(3)32-26(36)23-15-21(35)16-34(23)27(37)25(29(4,5)6)33-28(38)30(31-7)11-12-30/h8-10,13-14,19,21,23,25,35H,11-12,15-16H2,1-6H3,(H,32,36)(H,33,38)/t19-,21+,23-,25+/m0/s1. The van der Waals surface area contributed by atoms with Crippen LogP contribution in [-0.2, 0) is 14.4 Å². The van der Waals surface area contributed by atoms with Gasteiger partial charge in [-0.1, -0.05) is 39.0 Å². The maximum Gasteiger partial charge on any atom is 0.309 e. The molecule has 1 saturated heterocycles. The Balaban J connectivity index is 1.49. The first kappa shape index (κ1) is 28.8. The number of aryl methyl sites for hydroxylation is 2. The number of hydrogen-bond donors (Lipinski definition) is 3. The van der Waals surface area contributed by atoms with Gasteiger partial charge in [0.1, 0.15) is 12.1 Å². The van der Waals surface area contributed by atoms with Crippen molar-refractivity contribution >= 4 is 29.1 Å². The second-order valence-corrected chi connectivity index (χ2v) is 13.0. The van der Waals surface area contributed by atoms with Crippen molar-refractivity contribution in [1.82, 2.24) is 15.5 Å². The van der Waals surface area contributed by atoms with E-state index in [0.717, 1.165) is 16.7 Å². The van der Waals surface area contributed by atoms with Gasteiger partial charge < -0.3 is 20.6 Å². The zero-order valence-corrected chi connectivity index (χ0v) is 24.3. The predicted molar refractivity (Wildman–Crippen MR) is 152 cm³/mol. The van der Waals surface area contributed by atoms with Crippen LogP contribution < -0.4 is 10.6 Å². The lowest BCUT2D eigenvalue weighted by atomic mass is 9.85. The van der Waals surface area contributed by atoms with Crippen LogP contribution in [0.4, 0.5) is 0 Å². The van der Waals surface area contributed by atoms with E-state index in [4.69, 9.17) is 6.57 Å². The van der Waals surface area contributed by atoms with Crippen LogP contribution in [0.3, 0.4) is 0 Å². The molecule has 3 amide bonds. The van der Waals surface area contributed by atoms with Crippen molar-refractivity contribution in [1.29, 1.82) is 0 Å².